The van der Waals surface area contributed by atoms with Gasteiger partial charge in [0, 0.05) is 17.5 Å². The van der Waals surface area contributed by atoms with Crippen molar-refractivity contribution in [3.8, 4) is 0 Å². The van der Waals surface area contributed by atoms with E-state index in [9.17, 15) is 4.39 Å². The topological polar surface area (TPSA) is 50.9 Å². The van der Waals surface area contributed by atoms with Crippen LogP contribution >= 0.6 is 11.3 Å². The van der Waals surface area contributed by atoms with Crippen molar-refractivity contribution in [1.29, 1.82) is 0 Å². The highest BCUT2D eigenvalue weighted by Gasteiger charge is 2.12. The van der Waals surface area contributed by atoms with Crippen LogP contribution in [0.3, 0.4) is 0 Å². The minimum absolute atomic E-state index is 0.0188. The van der Waals surface area contributed by atoms with Crippen molar-refractivity contribution in [3.63, 3.8) is 0 Å². The van der Waals surface area contributed by atoms with Gasteiger partial charge in [-0.2, -0.15) is 0 Å². The zero-order valence-corrected chi connectivity index (χ0v) is 10.3. The molecule has 0 saturated heterocycles. The van der Waals surface area contributed by atoms with Crippen LogP contribution < -0.4 is 11.3 Å². The van der Waals surface area contributed by atoms with E-state index in [0.29, 0.717) is 5.56 Å². The summed E-state index contributed by atoms with van der Waals surface area (Å²) in [5.74, 6) is 5.36. The summed E-state index contributed by atoms with van der Waals surface area (Å²) in [6.45, 7) is 1.75. The van der Waals surface area contributed by atoms with Crippen molar-refractivity contribution in [1.82, 2.24) is 10.4 Å². The normalized spacial score (nSPS) is 12.6. The zero-order valence-electron chi connectivity index (χ0n) is 9.48. The first-order valence-corrected chi connectivity index (χ1v) is 6.18. The summed E-state index contributed by atoms with van der Waals surface area (Å²) in [5, 5.41) is 0. The van der Waals surface area contributed by atoms with Gasteiger partial charge in [-0.25, -0.2) is 4.39 Å². The van der Waals surface area contributed by atoms with Crippen LogP contribution in [0.1, 0.15) is 22.0 Å². The average molecular weight is 251 g/mol. The SMILES string of the molecule is Cc1cc(C(Cc2cncs2)NN)ccc1F. The van der Waals surface area contributed by atoms with Crippen LogP contribution in [-0.2, 0) is 6.42 Å². The Hall–Kier alpha value is -1.30. The molecule has 1 aromatic heterocycles. The van der Waals surface area contributed by atoms with Crippen molar-refractivity contribution < 1.29 is 4.39 Å². The fourth-order valence-electron chi connectivity index (χ4n) is 1.70. The molecule has 17 heavy (non-hydrogen) atoms. The lowest BCUT2D eigenvalue weighted by Crippen LogP contribution is -2.29. The number of aryl methyl sites for hydroxylation is 1. The molecule has 0 bridgehead atoms. The number of nitrogens with zero attached hydrogens (tertiary/aromatic N) is 1. The third-order valence-electron chi connectivity index (χ3n) is 2.67. The molecule has 1 unspecified atom stereocenters. The molecule has 0 spiro atoms. The number of rotatable bonds is 4. The van der Waals surface area contributed by atoms with Crippen LogP contribution in [0, 0.1) is 12.7 Å². The molecule has 2 rings (SSSR count). The summed E-state index contributed by atoms with van der Waals surface area (Å²) >= 11 is 1.59. The highest BCUT2D eigenvalue weighted by atomic mass is 32.1. The molecule has 0 saturated carbocycles. The van der Waals surface area contributed by atoms with Crippen LogP contribution in [0.15, 0.2) is 29.9 Å². The van der Waals surface area contributed by atoms with E-state index >= 15 is 0 Å². The Bertz CT molecular complexity index is 485. The lowest BCUT2D eigenvalue weighted by molar-refractivity contribution is 0.551. The molecule has 0 radical (unpaired) electrons. The van der Waals surface area contributed by atoms with Gasteiger partial charge in [-0.15, -0.1) is 11.3 Å². The maximum absolute atomic E-state index is 13.2. The number of thiazole rings is 1. The van der Waals surface area contributed by atoms with E-state index in [1.807, 2.05) is 12.3 Å². The second-order valence-corrected chi connectivity index (χ2v) is 4.87. The van der Waals surface area contributed by atoms with Gasteiger partial charge in [0.25, 0.3) is 0 Å². The maximum Gasteiger partial charge on any atom is 0.126 e. The predicted molar refractivity (Wildman–Crippen MR) is 67.0 cm³/mol. The number of halogens is 1. The molecule has 1 heterocycles. The number of hydrogen-bond acceptors (Lipinski definition) is 4. The molecule has 5 heteroatoms. The molecular weight excluding hydrogens is 237 g/mol. The largest absolute Gasteiger partial charge is 0.271 e. The summed E-state index contributed by atoms with van der Waals surface area (Å²) in [4.78, 5) is 5.17. The minimum Gasteiger partial charge on any atom is -0.271 e. The lowest BCUT2D eigenvalue weighted by Gasteiger charge is -2.16. The van der Waals surface area contributed by atoms with Gasteiger partial charge in [0.2, 0.25) is 0 Å². The summed E-state index contributed by atoms with van der Waals surface area (Å²) in [5.41, 5.74) is 6.17. The first-order chi connectivity index (χ1) is 8.20. The number of nitrogens with one attached hydrogen (secondary N) is 1. The van der Waals surface area contributed by atoms with Crippen LogP contribution in [0.2, 0.25) is 0 Å². The number of benzene rings is 1. The van der Waals surface area contributed by atoms with Crippen molar-refractivity contribution in [2.45, 2.75) is 19.4 Å². The van der Waals surface area contributed by atoms with Crippen molar-refractivity contribution >= 4 is 11.3 Å². The van der Waals surface area contributed by atoms with Gasteiger partial charge in [-0.1, -0.05) is 12.1 Å². The highest BCUT2D eigenvalue weighted by Crippen LogP contribution is 2.21. The summed E-state index contributed by atoms with van der Waals surface area (Å²) in [6.07, 6.45) is 2.58. The van der Waals surface area contributed by atoms with E-state index in [1.165, 1.54) is 6.07 Å². The Balaban J connectivity index is 2.20. The van der Waals surface area contributed by atoms with Crippen molar-refractivity contribution in [3.05, 3.63) is 51.7 Å². The molecule has 3 N–H and O–H groups in total. The zero-order chi connectivity index (χ0) is 12.3. The van der Waals surface area contributed by atoms with Gasteiger partial charge in [-0.05, 0) is 24.1 Å². The van der Waals surface area contributed by atoms with Gasteiger partial charge in [0.05, 0.1) is 11.6 Å². The van der Waals surface area contributed by atoms with Crippen molar-refractivity contribution in [2.24, 2.45) is 5.84 Å². The predicted octanol–water partition coefficient (Wildman–Crippen LogP) is 2.34. The van der Waals surface area contributed by atoms with Gasteiger partial charge in [-0.3, -0.25) is 16.3 Å². The Morgan fingerprint density at radius 2 is 2.35 bits per heavy atom. The monoisotopic (exact) mass is 251 g/mol. The second kappa shape index (κ2) is 5.35. The van der Waals surface area contributed by atoms with Gasteiger partial charge in [0.1, 0.15) is 5.82 Å². The van der Waals surface area contributed by atoms with Crippen LogP contribution in [0.4, 0.5) is 4.39 Å². The van der Waals surface area contributed by atoms with Gasteiger partial charge < -0.3 is 0 Å². The third-order valence-corrected chi connectivity index (χ3v) is 3.48. The van der Waals surface area contributed by atoms with E-state index < -0.39 is 0 Å². The molecule has 1 aromatic carbocycles. The lowest BCUT2D eigenvalue weighted by atomic mass is 10.0. The summed E-state index contributed by atoms with van der Waals surface area (Å²) in [7, 11) is 0. The number of aromatic nitrogens is 1. The fourth-order valence-corrected chi connectivity index (χ4v) is 2.34. The molecule has 1 atom stereocenters. The quantitative estimate of drug-likeness (QED) is 0.648. The van der Waals surface area contributed by atoms with E-state index in [0.717, 1.165) is 16.9 Å². The molecule has 3 nitrogen and oxygen atoms in total. The maximum atomic E-state index is 13.2. The van der Waals surface area contributed by atoms with E-state index in [-0.39, 0.29) is 11.9 Å². The third kappa shape index (κ3) is 2.88. The molecule has 0 amide bonds. The molecule has 0 aliphatic heterocycles. The Kier molecular flexibility index (Phi) is 3.83. The standard InChI is InChI=1S/C12H14FN3S/c1-8-4-9(2-3-11(8)13)12(16-14)5-10-6-15-7-17-10/h2-4,6-7,12,16H,5,14H2,1H3. The van der Waals surface area contributed by atoms with Crippen LogP contribution in [-0.4, -0.2) is 4.98 Å². The van der Waals surface area contributed by atoms with Crippen LogP contribution in [0.5, 0.6) is 0 Å². The minimum atomic E-state index is -0.192. The Morgan fingerprint density at radius 3 is 2.94 bits per heavy atom. The van der Waals surface area contributed by atoms with E-state index in [1.54, 1.807) is 29.8 Å². The Morgan fingerprint density at radius 1 is 1.53 bits per heavy atom. The smallest absolute Gasteiger partial charge is 0.126 e. The van der Waals surface area contributed by atoms with Gasteiger partial charge in [0.15, 0.2) is 0 Å². The van der Waals surface area contributed by atoms with Gasteiger partial charge >= 0.3 is 0 Å². The number of hydrogen-bond donors (Lipinski definition) is 2. The summed E-state index contributed by atoms with van der Waals surface area (Å²) < 4.78 is 13.2. The Labute approximate surface area is 103 Å². The van der Waals surface area contributed by atoms with Crippen LogP contribution in [0.25, 0.3) is 0 Å². The molecule has 0 aliphatic rings. The first-order valence-electron chi connectivity index (χ1n) is 5.30. The van der Waals surface area contributed by atoms with Crippen molar-refractivity contribution in [2.75, 3.05) is 0 Å². The van der Waals surface area contributed by atoms with E-state index in [2.05, 4.69) is 10.4 Å². The number of nitrogens with two attached hydrogens (primary N) is 1. The average Bonchev–Trinajstić information content (AvgIpc) is 2.82. The summed E-state index contributed by atoms with van der Waals surface area (Å²) in [6, 6.07) is 5.03. The molecule has 0 fully saturated rings. The fraction of sp³-hybridized carbons (Fsp3) is 0.250. The highest BCUT2D eigenvalue weighted by molar-refractivity contribution is 7.09. The second-order valence-electron chi connectivity index (χ2n) is 3.90. The number of hydrazine groups is 1. The van der Waals surface area contributed by atoms with E-state index in [4.69, 9.17) is 5.84 Å². The molecule has 2 aromatic rings. The molecule has 0 aliphatic carbocycles. The first kappa shape index (κ1) is 12.2. The molecule has 90 valence electrons. The molecular formula is C12H14FN3S.